The number of hydrogen-bond acceptors (Lipinski definition) is 4. The van der Waals surface area contributed by atoms with Crippen molar-refractivity contribution in [2.24, 2.45) is 0 Å². The molecule has 0 unspecified atom stereocenters. The Hall–Kier alpha value is -1.94. The van der Waals surface area contributed by atoms with E-state index in [1.54, 1.807) is 11.3 Å². The van der Waals surface area contributed by atoms with Crippen molar-refractivity contribution in [1.82, 2.24) is 9.97 Å². The summed E-state index contributed by atoms with van der Waals surface area (Å²) in [6.45, 7) is 2.54. The van der Waals surface area contributed by atoms with Crippen LogP contribution < -0.4 is 10.9 Å². The molecule has 3 N–H and O–H groups in total. The number of thiophene rings is 2. The first-order valence-electron chi connectivity index (χ1n) is 6.52. The molecule has 0 amide bonds. The Morgan fingerprint density at radius 1 is 1.52 bits per heavy atom. The van der Waals surface area contributed by atoms with Crippen molar-refractivity contribution in [3.63, 3.8) is 0 Å². The zero-order chi connectivity index (χ0) is 14.8. The van der Waals surface area contributed by atoms with Gasteiger partial charge in [0.2, 0.25) is 0 Å². The fourth-order valence-electron chi connectivity index (χ4n) is 2.15. The molecule has 3 heterocycles. The van der Waals surface area contributed by atoms with E-state index in [0.717, 1.165) is 15.3 Å². The van der Waals surface area contributed by atoms with Gasteiger partial charge in [0.1, 0.15) is 17.4 Å². The van der Waals surface area contributed by atoms with E-state index in [9.17, 15) is 4.79 Å². The highest BCUT2D eigenvalue weighted by atomic mass is 32.1. The summed E-state index contributed by atoms with van der Waals surface area (Å²) in [5.41, 5.74) is 0.881. The smallest absolute Gasteiger partial charge is 0.260 e. The highest BCUT2D eigenvalue weighted by Crippen LogP contribution is 2.33. The van der Waals surface area contributed by atoms with E-state index < -0.39 is 0 Å². The van der Waals surface area contributed by atoms with Crippen molar-refractivity contribution in [3.05, 3.63) is 39.1 Å². The molecule has 1 atom stereocenters. The zero-order valence-corrected chi connectivity index (χ0v) is 13.1. The van der Waals surface area contributed by atoms with E-state index in [0.29, 0.717) is 17.8 Å². The number of rotatable bonds is 4. The number of quaternary nitrogens is 1. The lowest BCUT2D eigenvalue weighted by molar-refractivity contribution is -0.683. The van der Waals surface area contributed by atoms with E-state index in [4.69, 9.17) is 6.42 Å². The topological polar surface area (TPSA) is 62.4 Å². The first kappa shape index (κ1) is 14.0. The first-order valence-corrected chi connectivity index (χ1v) is 8.28. The fourth-order valence-corrected chi connectivity index (χ4v) is 3.92. The van der Waals surface area contributed by atoms with Gasteiger partial charge in [-0.25, -0.2) is 4.98 Å². The number of aromatic amines is 1. The first-order chi connectivity index (χ1) is 10.2. The number of fused-ring (bicyclic) bond motifs is 1. The third-order valence-electron chi connectivity index (χ3n) is 3.27. The van der Waals surface area contributed by atoms with E-state index in [1.165, 1.54) is 11.3 Å². The van der Waals surface area contributed by atoms with Crippen molar-refractivity contribution in [1.29, 1.82) is 0 Å². The maximum absolute atomic E-state index is 12.4. The quantitative estimate of drug-likeness (QED) is 0.723. The normalized spacial score (nSPS) is 12.4. The van der Waals surface area contributed by atoms with Crippen LogP contribution >= 0.6 is 22.7 Å². The van der Waals surface area contributed by atoms with Crippen LogP contribution in [-0.4, -0.2) is 16.5 Å². The third kappa shape index (κ3) is 2.63. The van der Waals surface area contributed by atoms with Gasteiger partial charge in [-0.05, 0) is 24.3 Å². The van der Waals surface area contributed by atoms with Gasteiger partial charge in [-0.3, -0.25) is 4.79 Å². The van der Waals surface area contributed by atoms with Crippen LogP contribution in [0.1, 0.15) is 18.8 Å². The van der Waals surface area contributed by atoms with Crippen molar-refractivity contribution in [3.8, 4) is 22.8 Å². The molecule has 0 spiro atoms. The minimum atomic E-state index is -0.0828. The van der Waals surface area contributed by atoms with Crippen LogP contribution in [0.3, 0.4) is 0 Å². The second-order valence-electron chi connectivity index (χ2n) is 4.69. The summed E-state index contributed by atoms with van der Waals surface area (Å²) in [6.07, 6.45) is 5.26. The minimum absolute atomic E-state index is 0.0328. The molecule has 6 heteroatoms. The lowest BCUT2D eigenvalue weighted by Gasteiger charge is -2.07. The second kappa shape index (κ2) is 5.82. The number of H-pyrrole nitrogens is 1. The Bertz CT molecular complexity index is 855. The van der Waals surface area contributed by atoms with Gasteiger partial charge in [0, 0.05) is 15.8 Å². The van der Waals surface area contributed by atoms with Gasteiger partial charge >= 0.3 is 0 Å². The van der Waals surface area contributed by atoms with Gasteiger partial charge in [-0.15, -0.1) is 29.1 Å². The predicted octanol–water partition coefficient (Wildman–Crippen LogP) is 1.97. The Balaban J connectivity index is 2.07. The molecule has 0 fully saturated rings. The number of aromatic nitrogens is 2. The van der Waals surface area contributed by atoms with E-state index in [-0.39, 0.29) is 11.6 Å². The highest BCUT2D eigenvalue weighted by Gasteiger charge is 2.17. The summed E-state index contributed by atoms with van der Waals surface area (Å²) in [5.74, 6) is 3.24. The molecule has 0 aromatic carbocycles. The summed E-state index contributed by atoms with van der Waals surface area (Å²) in [6, 6.07) is 4.03. The molecule has 3 aromatic rings. The third-order valence-corrected chi connectivity index (χ3v) is 5.04. The number of nitrogens with zero attached hydrogens (tertiary/aromatic N) is 1. The lowest BCUT2D eigenvalue weighted by Crippen LogP contribution is -2.84. The van der Waals surface area contributed by atoms with E-state index >= 15 is 0 Å². The van der Waals surface area contributed by atoms with Crippen LogP contribution in [0.15, 0.2) is 27.7 Å². The van der Waals surface area contributed by atoms with Gasteiger partial charge in [0.15, 0.2) is 5.82 Å². The van der Waals surface area contributed by atoms with E-state index in [1.807, 2.05) is 35.1 Å². The van der Waals surface area contributed by atoms with Crippen LogP contribution in [0.5, 0.6) is 0 Å². The summed E-state index contributed by atoms with van der Waals surface area (Å²) in [5, 5.41) is 6.65. The number of hydrogen-bond donors (Lipinski definition) is 2. The van der Waals surface area contributed by atoms with Gasteiger partial charge in [0.05, 0.1) is 5.39 Å². The standard InChI is InChI=1S/C15H13N3OS2/c1-3-6-16-9(2)13-17-14(19)12-10(8-21-15(12)18-13)11-5-4-7-20-11/h1,4-5,7-9,16H,6H2,2H3,(H,17,18,19)/p+1/t9-/m1/s1. The van der Waals surface area contributed by atoms with Crippen LogP contribution in [0.2, 0.25) is 0 Å². The predicted molar refractivity (Wildman–Crippen MR) is 87.6 cm³/mol. The van der Waals surface area contributed by atoms with Crippen molar-refractivity contribution < 1.29 is 5.32 Å². The molecule has 0 aliphatic carbocycles. The van der Waals surface area contributed by atoms with Crippen molar-refractivity contribution in [2.45, 2.75) is 13.0 Å². The average Bonchev–Trinajstić information content (AvgIpc) is 3.12. The van der Waals surface area contributed by atoms with Crippen LogP contribution in [0.4, 0.5) is 0 Å². The summed E-state index contributed by atoms with van der Waals surface area (Å²) >= 11 is 3.13. The Kier molecular flexibility index (Phi) is 3.88. The largest absolute Gasteiger partial charge is 0.328 e. The molecule has 21 heavy (non-hydrogen) atoms. The molecule has 0 aliphatic rings. The molecule has 4 nitrogen and oxygen atoms in total. The van der Waals surface area contributed by atoms with Gasteiger partial charge in [-0.2, -0.15) is 0 Å². The second-order valence-corrected chi connectivity index (χ2v) is 6.50. The molecular weight excluding hydrogens is 302 g/mol. The van der Waals surface area contributed by atoms with Gasteiger partial charge in [-0.1, -0.05) is 6.07 Å². The van der Waals surface area contributed by atoms with Gasteiger partial charge < -0.3 is 10.3 Å². The minimum Gasteiger partial charge on any atom is -0.328 e. The van der Waals surface area contributed by atoms with E-state index in [2.05, 4.69) is 15.9 Å². The fraction of sp³-hybridized carbons (Fsp3) is 0.200. The Morgan fingerprint density at radius 2 is 2.38 bits per heavy atom. The van der Waals surface area contributed by atoms with Crippen molar-refractivity contribution in [2.75, 3.05) is 6.54 Å². The summed E-state index contributed by atoms with van der Waals surface area (Å²) in [7, 11) is 0. The van der Waals surface area contributed by atoms with Crippen LogP contribution in [0, 0.1) is 12.3 Å². The average molecular weight is 316 g/mol. The maximum atomic E-state index is 12.4. The summed E-state index contributed by atoms with van der Waals surface area (Å²) in [4.78, 5) is 21.8. The van der Waals surface area contributed by atoms with Crippen LogP contribution in [-0.2, 0) is 0 Å². The van der Waals surface area contributed by atoms with Gasteiger partial charge in [0.25, 0.3) is 5.56 Å². The maximum Gasteiger partial charge on any atom is 0.260 e. The summed E-state index contributed by atoms with van der Waals surface area (Å²) < 4.78 is 0. The molecule has 3 rings (SSSR count). The zero-order valence-electron chi connectivity index (χ0n) is 11.4. The molecular formula is C15H14N3OS2+. The SMILES string of the molecule is C#CC[NH2+][C@H](C)c1nc2scc(-c3cccs3)c2c(=O)[nH]1. The highest BCUT2D eigenvalue weighted by molar-refractivity contribution is 7.18. The monoisotopic (exact) mass is 316 g/mol. The number of nitrogens with two attached hydrogens (primary N) is 1. The Morgan fingerprint density at radius 3 is 3.10 bits per heavy atom. The molecule has 106 valence electrons. The Labute approximate surface area is 129 Å². The van der Waals surface area contributed by atoms with Crippen LogP contribution in [0.25, 0.3) is 20.7 Å². The molecule has 0 bridgehead atoms. The molecule has 0 saturated heterocycles. The van der Waals surface area contributed by atoms with Crippen molar-refractivity contribution >= 4 is 32.9 Å². The number of terminal acetylenes is 1. The number of nitrogens with one attached hydrogen (secondary N) is 1. The molecule has 0 radical (unpaired) electrons. The molecule has 3 aromatic heterocycles. The molecule has 0 saturated carbocycles. The lowest BCUT2D eigenvalue weighted by atomic mass is 10.2. The molecule has 0 aliphatic heterocycles.